The van der Waals surface area contributed by atoms with E-state index in [1.54, 1.807) is 54.6 Å². The number of carbonyl (C=O) groups excluding carboxylic acids is 3. The molecule has 3 rings (SSSR count). The van der Waals surface area contributed by atoms with Crippen LogP contribution in [0.15, 0.2) is 77.3 Å². The Labute approximate surface area is 187 Å². The smallest absolute Gasteiger partial charge is 0.276 e. The first kappa shape index (κ1) is 22.0. The van der Waals surface area contributed by atoms with E-state index in [0.717, 1.165) is 10.0 Å². The van der Waals surface area contributed by atoms with Gasteiger partial charge in [-0.1, -0.05) is 24.3 Å². The molecule has 0 atom stereocenters. The van der Waals surface area contributed by atoms with E-state index < -0.39 is 11.8 Å². The number of nitrogens with one attached hydrogen (secondary N) is 3. The lowest BCUT2D eigenvalue weighted by Crippen LogP contribution is -2.43. The van der Waals surface area contributed by atoms with E-state index in [2.05, 4.69) is 32.1 Å². The first-order chi connectivity index (χ1) is 14.9. The summed E-state index contributed by atoms with van der Waals surface area (Å²) in [4.78, 5) is 36.3. The number of aryl methyl sites for hydroxylation is 1. The predicted molar refractivity (Wildman–Crippen MR) is 121 cm³/mol. The molecule has 0 unspecified atom stereocenters. The maximum atomic E-state index is 12.2. The Morgan fingerprint density at radius 3 is 2.19 bits per heavy atom. The van der Waals surface area contributed by atoms with E-state index in [9.17, 15) is 14.4 Å². The van der Waals surface area contributed by atoms with Crippen molar-refractivity contribution < 1.29 is 19.1 Å². The lowest BCUT2D eigenvalue weighted by molar-refractivity contribution is -0.123. The van der Waals surface area contributed by atoms with Crippen LogP contribution in [0, 0.1) is 6.92 Å². The molecule has 0 aliphatic rings. The molecular formula is C23H20BrN3O4. The Bertz CT molecular complexity index is 1090. The van der Waals surface area contributed by atoms with Crippen molar-refractivity contribution in [3.63, 3.8) is 0 Å². The van der Waals surface area contributed by atoms with E-state index in [0.29, 0.717) is 22.6 Å². The summed E-state index contributed by atoms with van der Waals surface area (Å²) in [5, 5.41) is 2.75. The highest BCUT2D eigenvalue weighted by atomic mass is 79.9. The number of anilines is 1. The number of benzene rings is 3. The summed E-state index contributed by atoms with van der Waals surface area (Å²) < 4.78 is 6.17. The van der Waals surface area contributed by atoms with Crippen LogP contribution in [0.4, 0.5) is 5.69 Å². The van der Waals surface area contributed by atoms with E-state index in [4.69, 9.17) is 4.74 Å². The van der Waals surface area contributed by atoms with E-state index in [1.807, 2.05) is 25.1 Å². The monoisotopic (exact) mass is 481 g/mol. The molecule has 3 N–H and O–H groups in total. The molecule has 7 nitrogen and oxygen atoms in total. The highest BCUT2D eigenvalue weighted by molar-refractivity contribution is 9.10. The lowest BCUT2D eigenvalue weighted by atomic mass is 10.1. The van der Waals surface area contributed by atoms with Crippen molar-refractivity contribution in [2.75, 3.05) is 11.9 Å². The van der Waals surface area contributed by atoms with Gasteiger partial charge in [-0.05, 0) is 76.9 Å². The lowest BCUT2D eigenvalue weighted by Gasteiger charge is -2.11. The highest BCUT2D eigenvalue weighted by Gasteiger charge is 2.10. The molecular weight excluding hydrogens is 462 g/mol. The number of halogens is 1. The molecule has 0 aliphatic carbocycles. The Kier molecular flexibility index (Phi) is 7.40. The van der Waals surface area contributed by atoms with Gasteiger partial charge in [0.1, 0.15) is 5.75 Å². The van der Waals surface area contributed by atoms with Crippen molar-refractivity contribution in [3.8, 4) is 5.75 Å². The van der Waals surface area contributed by atoms with Crippen molar-refractivity contribution in [2.45, 2.75) is 6.92 Å². The molecule has 31 heavy (non-hydrogen) atoms. The van der Waals surface area contributed by atoms with Crippen LogP contribution in [0.3, 0.4) is 0 Å². The number of hydrazine groups is 1. The molecule has 3 aromatic rings. The second kappa shape index (κ2) is 10.4. The zero-order chi connectivity index (χ0) is 22.2. The molecule has 3 aromatic carbocycles. The van der Waals surface area contributed by atoms with Gasteiger partial charge in [0, 0.05) is 16.8 Å². The summed E-state index contributed by atoms with van der Waals surface area (Å²) in [6.45, 7) is 1.69. The van der Waals surface area contributed by atoms with Gasteiger partial charge in [0.05, 0.1) is 4.47 Å². The number of amides is 3. The highest BCUT2D eigenvalue weighted by Crippen LogP contribution is 2.25. The number of ether oxygens (including phenoxy) is 1. The minimum atomic E-state index is -0.507. The van der Waals surface area contributed by atoms with Crippen molar-refractivity contribution in [3.05, 3.63) is 94.0 Å². The van der Waals surface area contributed by atoms with Gasteiger partial charge in [0.25, 0.3) is 17.7 Å². The Morgan fingerprint density at radius 2 is 1.52 bits per heavy atom. The standard InChI is InChI=1S/C23H20BrN3O4/c1-15-7-12-20(19(24)13-15)31-14-21(28)26-27-23(30)17-8-10-18(11-9-17)25-22(29)16-5-3-2-4-6-16/h2-13H,14H2,1H3,(H,25,29)(H,26,28)(H,27,30). The Morgan fingerprint density at radius 1 is 0.839 bits per heavy atom. The van der Waals surface area contributed by atoms with Gasteiger partial charge in [-0.2, -0.15) is 0 Å². The van der Waals surface area contributed by atoms with Crippen LogP contribution in [-0.2, 0) is 4.79 Å². The zero-order valence-electron chi connectivity index (χ0n) is 16.6. The largest absolute Gasteiger partial charge is 0.483 e. The topological polar surface area (TPSA) is 96.5 Å². The van der Waals surface area contributed by atoms with Gasteiger partial charge < -0.3 is 10.1 Å². The number of carbonyl (C=O) groups is 3. The summed E-state index contributed by atoms with van der Waals surface area (Å²) in [6, 6.07) is 20.6. The SMILES string of the molecule is Cc1ccc(OCC(=O)NNC(=O)c2ccc(NC(=O)c3ccccc3)cc2)c(Br)c1. The molecule has 0 aliphatic heterocycles. The third kappa shape index (κ3) is 6.42. The first-order valence-corrected chi connectivity index (χ1v) is 10.2. The second-order valence-corrected chi connectivity index (χ2v) is 7.48. The maximum Gasteiger partial charge on any atom is 0.276 e. The van der Waals surface area contributed by atoms with Crippen LogP contribution in [-0.4, -0.2) is 24.3 Å². The van der Waals surface area contributed by atoms with Crippen molar-refractivity contribution >= 4 is 39.3 Å². The molecule has 0 aromatic heterocycles. The average molecular weight is 482 g/mol. The molecule has 0 heterocycles. The molecule has 0 saturated heterocycles. The zero-order valence-corrected chi connectivity index (χ0v) is 18.2. The van der Waals surface area contributed by atoms with Crippen molar-refractivity contribution in [1.29, 1.82) is 0 Å². The third-order valence-corrected chi connectivity index (χ3v) is 4.82. The van der Waals surface area contributed by atoms with E-state index in [1.165, 1.54) is 0 Å². The predicted octanol–water partition coefficient (Wildman–Crippen LogP) is 3.85. The molecule has 0 radical (unpaired) electrons. The minimum Gasteiger partial charge on any atom is -0.483 e. The summed E-state index contributed by atoms with van der Waals surface area (Å²) in [5.74, 6) is -0.719. The molecule has 0 fully saturated rings. The molecule has 0 spiro atoms. The first-order valence-electron chi connectivity index (χ1n) is 9.37. The van der Waals surface area contributed by atoms with E-state index in [-0.39, 0.29) is 12.5 Å². The van der Waals surface area contributed by atoms with Gasteiger partial charge in [0.2, 0.25) is 0 Å². The number of hydrogen-bond acceptors (Lipinski definition) is 4. The summed E-state index contributed by atoms with van der Waals surface area (Å²) in [7, 11) is 0. The van der Waals surface area contributed by atoms with Gasteiger partial charge >= 0.3 is 0 Å². The second-order valence-electron chi connectivity index (χ2n) is 6.62. The van der Waals surface area contributed by atoms with Crippen LogP contribution in [0.1, 0.15) is 26.3 Å². The van der Waals surface area contributed by atoms with Crippen molar-refractivity contribution in [2.24, 2.45) is 0 Å². The van der Waals surface area contributed by atoms with Gasteiger partial charge in [-0.25, -0.2) is 0 Å². The fourth-order valence-corrected chi connectivity index (χ4v) is 3.21. The van der Waals surface area contributed by atoms with Gasteiger partial charge in [-0.3, -0.25) is 25.2 Å². The fourth-order valence-electron chi connectivity index (χ4n) is 2.60. The van der Waals surface area contributed by atoms with Crippen LogP contribution < -0.4 is 20.9 Å². The summed E-state index contributed by atoms with van der Waals surface area (Å²) >= 11 is 3.37. The van der Waals surface area contributed by atoms with Crippen LogP contribution in [0.5, 0.6) is 5.75 Å². The van der Waals surface area contributed by atoms with E-state index >= 15 is 0 Å². The number of hydrogen-bond donors (Lipinski definition) is 3. The Hall–Kier alpha value is -3.65. The summed E-state index contributed by atoms with van der Waals surface area (Å²) in [5.41, 5.74) is 7.09. The van der Waals surface area contributed by atoms with Crippen LogP contribution in [0.2, 0.25) is 0 Å². The quantitative estimate of drug-likeness (QED) is 0.465. The summed E-state index contributed by atoms with van der Waals surface area (Å²) in [6.07, 6.45) is 0. The number of rotatable bonds is 6. The molecule has 0 saturated carbocycles. The normalized spacial score (nSPS) is 10.1. The maximum absolute atomic E-state index is 12.2. The van der Waals surface area contributed by atoms with Gasteiger partial charge in [-0.15, -0.1) is 0 Å². The van der Waals surface area contributed by atoms with Crippen LogP contribution >= 0.6 is 15.9 Å². The average Bonchev–Trinajstić information content (AvgIpc) is 2.78. The minimum absolute atomic E-state index is 0.245. The molecule has 0 bridgehead atoms. The molecule has 8 heteroatoms. The van der Waals surface area contributed by atoms with Crippen molar-refractivity contribution in [1.82, 2.24) is 10.9 Å². The van der Waals surface area contributed by atoms with Gasteiger partial charge in [0.15, 0.2) is 6.61 Å². The molecule has 3 amide bonds. The fraction of sp³-hybridized carbons (Fsp3) is 0.0870. The third-order valence-electron chi connectivity index (χ3n) is 4.20. The molecule has 158 valence electrons. The van der Waals surface area contributed by atoms with Crippen LogP contribution in [0.25, 0.3) is 0 Å². The Balaban J connectivity index is 1.46.